The average molecular weight is 301 g/mol. The second kappa shape index (κ2) is 6.66. The van der Waals surface area contributed by atoms with Crippen molar-refractivity contribution in [1.82, 2.24) is 24.1 Å². The summed E-state index contributed by atoms with van der Waals surface area (Å²) in [5.41, 5.74) is 0.722. The van der Waals surface area contributed by atoms with Crippen molar-refractivity contribution in [1.29, 1.82) is 0 Å². The van der Waals surface area contributed by atoms with E-state index in [0.29, 0.717) is 19.0 Å². The lowest BCUT2D eigenvalue weighted by atomic mass is 10.00. The maximum Gasteiger partial charge on any atom is 0.279 e. The van der Waals surface area contributed by atoms with Crippen molar-refractivity contribution in [3.63, 3.8) is 0 Å². The molecule has 1 aromatic heterocycles. The topological polar surface area (TPSA) is 79.3 Å². The molecule has 2 rings (SSSR count). The van der Waals surface area contributed by atoms with Crippen molar-refractivity contribution in [2.45, 2.75) is 19.4 Å². The number of rotatable bonds is 6. The number of nitrogens with one attached hydrogen (secondary N) is 2. The molecule has 8 heteroatoms. The largest absolute Gasteiger partial charge is 0.319 e. The summed E-state index contributed by atoms with van der Waals surface area (Å²) in [5, 5.41) is 7.28. The lowest BCUT2D eigenvalue weighted by Crippen LogP contribution is -2.47. The Hall–Kier alpha value is -0.960. The highest BCUT2D eigenvalue weighted by molar-refractivity contribution is 7.87. The van der Waals surface area contributed by atoms with Crippen LogP contribution in [0.1, 0.15) is 18.5 Å². The highest BCUT2D eigenvalue weighted by atomic mass is 32.2. The predicted molar refractivity (Wildman–Crippen MR) is 77.2 cm³/mol. The third kappa shape index (κ3) is 4.02. The van der Waals surface area contributed by atoms with Crippen LogP contribution < -0.4 is 10.0 Å². The van der Waals surface area contributed by atoms with Gasteiger partial charge in [-0.2, -0.15) is 22.5 Å². The molecule has 114 valence electrons. The fourth-order valence-corrected chi connectivity index (χ4v) is 3.80. The van der Waals surface area contributed by atoms with Crippen molar-refractivity contribution in [3.05, 3.63) is 18.0 Å². The second-order valence-corrected chi connectivity index (χ2v) is 6.99. The number of hydrogen-bond donors (Lipinski definition) is 2. The molecule has 1 fully saturated rings. The molecule has 20 heavy (non-hydrogen) atoms. The summed E-state index contributed by atoms with van der Waals surface area (Å²) in [6.45, 7) is 2.26. The average Bonchev–Trinajstić information content (AvgIpc) is 2.83. The lowest BCUT2D eigenvalue weighted by molar-refractivity contribution is 0.260. The van der Waals surface area contributed by atoms with Crippen LogP contribution in [0.25, 0.3) is 0 Å². The molecule has 7 nitrogen and oxygen atoms in total. The molecule has 1 atom stereocenters. The molecular formula is C12H23N5O2S. The van der Waals surface area contributed by atoms with Gasteiger partial charge in [-0.25, -0.2) is 0 Å². The first-order chi connectivity index (χ1) is 9.51. The van der Waals surface area contributed by atoms with Crippen LogP contribution in [0.15, 0.2) is 12.3 Å². The van der Waals surface area contributed by atoms with E-state index in [0.717, 1.165) is 25.1 Å². The molecule has 1 aromatic rings. The van der Waals surface area contributed by atoms with E-state index in [9.17, 15) is 8.42 Å². The van der Waals surface area contributed by atoms with Crippen molar-refractivity contribution >= 4 is 10.2 Å². The monoisotopic (exact) mass is 301 g/mol. The molecule has 2 heterocycles. The molecule has 0 spiro atoms. The zero-order valence-electron chi connectivity index (χ0n) is 12.0. The molecule has 0 bridgehead atoms. The first-order valence-electron chi connectivity index (χ1n) is 6.89. The van der Waals surface area contributed by atoms with E-state index in [-0.39, 0.29) is 6.54 Å². The van der Waals surface area contributed by atoms with Crippen molar-refractivity contribution in [2.75, 3.05) is 26.7 Å². The lowest BCUT2D eigenvalue weighted by Gasteiger charge is -2.31. The minimum absolute atomic E-state index is 0.233. The van der Waals surface area contributed by atoms with Crippen molar-refractivity contribution in [2.24, 2.45) is 13.0 Å². The van der Waals surface area contributed by atoms with Crippen LogP contribution in [0.5, 0.6) is 0 Å². The highest BCUT2D eigenvalue weighted by Crippen LogP contribution is 2.18. The van der Waals surface area contributed by atoms with Crippen LogP contribution in [-0.2, 0) is 23.8 Å². The molecule has 0 amide bonds. The van der Waals surface area contributed by atoms with E-state index in [1.807, 2.05) is 20.2 Å². The van der Waals surface area contributed by atoms with Crippen LogP contribution in [0, 0.1) is 5.92 Å². The van der Waals surface area contributed by atoms with Gasteiger partial charge < -0.3 is 5.32 Å². The van der Waals surface area contributed by atoms with Gasteiger partial charge in [0.25, 0.3) is 10.2 Å². The molecule has 2 N–H and O–H groups in total. The van der Waals surface area contributed by atoms with Gasteiger partial charge in [-0.3, -0.25) is 4.68 Å². The summed E-state index contributed by atoms with van der Waals surface area (Å²) in [5.74, 6) is 0.389. The SMILES string of the molecule is CNCC1CCCN(S(=O)(=O)NCc2ccn(C)n2)C1. The fraction of sp³-hybridized carbons (Fsp3) is 0.750. The second-order valence-electron chi connectivity index (χ2n) is 5.23. The predicted octanol–water partition coefficient (Wildman–Crippen LogP) is -0.314. The summed E-state index contributed by atoms with van der Waals surface area (Å²) >= 11 is 0. The Labute approximate surface area is 120 Å². The third-order valence-electron chi connectivity index (χ3n) is 3.52. The normalized spacial score (nSPS) is 21.2. The molecule has 1 aliphatic heterocycles. The Morgan fingerprint density at radius 2 is 2.30 bits per heavy atom. The number of nitrogens with zero attached hydrogens (tertiary/aromatic N) is 3. The van der Waals surface area contributed by atoms with Gasteiger partial charge >= 0.3 is 0 Å². The Balaban J connectivity index is 1.92. The zero-order chi connectivity index (χ0) is 14.6. The minimum Gasteiger partial charge on any atom is -0.319 e. The van der Waals surface area contributed by atoms with E-state index < -0.39 is 10.2 Å². The molecule has 0 radical (unpaired) electrons. The molecular weight excluding hydrogens is 278 g/mol. The standard InChI is InChI=1S/C12H23N5O2S/c1-13-8-11-4-3-6-17(10-11)20(18,19)14-9-12-5-7-16(2)15-12/h5,7,11,13-14H,3-4,6,8-10H2,1-2H3. The van der Waals surface area contributed by atoms with Gasteiger partial charge in [-0.1, -0.05) is 0 Å². The zero-order valence-corrected chi connectivity index (χ0v) is 12.9. The van der Waals surface area contributed by atoms with Gasteiger partial charge in [0.15, 0.2) is 0 Å². The van der Waals surface area contributed by atoms with Gasteiger partial charge in [0.2, 0.25) is 0 Å². The Kier molecular flexibility index (Phi) is 5.14. The first kappa shape index (κ1) is 15.4. The van der Waals surface area contributed by atoms with Crippen LogP contribution in [0.3, 0.4) is 0 Å². The van der Waals surface area contributed by atoms with Gasteiger partial charge in [-0.05, 0) is 38.4 Å². The van der Waals surface area contributed by atoms with Crippen molar-refractivity contribution in [3.8, 4) is 0 Å². The smallest absolute Gasteiger partial charge is 0.279 e. The van der Waals surface area contributed by atoms with Crippen LogP contribution >= 0.6 is 0 Å². The summed E-state index contributed by atoms with van der Waals surface area (Å²) in [6, 6.07) is 1.81. The van der Waals surface area contributed by atoms with Crippen LogP contribution in [-0.4, -0.2) is 49.2 Å². The van der Waals surface area contributed by atoms with E-state index in [4.69, 9.17) is 0 Å². The Bertz CT molecular complexity index is 526. The number of aromatic nitrogens is 2. The first-order valence-corrected chi connectivity index (χ1v) is 8.33. The molecule has 1 aliphatic rings. The Morgan fingerprint density at radius 1 is 1.50 bits per heavy atom. The van der Waals surface area contributed by atoms with Gasteiger partial charge in [0.1, 0.15) is 0 Å². The van der Waals surface area contributed by atoms with E-state index >= 15 is 0 Å². The summed E-state index contributed by atoms with van der Waals surface area (Å²) in [6.07, 6.45) is 3.79. The van der Waals surface area contributed by atoms with Gasteiger partial charge in [-0.15, -0.1) is 0 Å². The molecule has 1 unspecified atom stereocenters. The minimum atomic E-state index is -3.42. The summed E-state index contributed by atoms with van der Waals surface area (Å²) in [4.78, 5) is 0. The van der Waals surface area contributed by atoms with E-state index in [1.165, 1.54) is 0 Å². The number of aryl methyl sites for hydroxylation is 1. The van der Waals surface area contributed by atoms with Crippen LogP contribution in [0.4, 0.5) is 0 Å². The molecule has 1 saturated heterocycles. The number of hydrogen-bond acceptors (Lipinski definition) is 4. The summed E-state index contributed by atoms with van der Waals surface area (Å²) in [7, 11) is 0.289. The van der Waals surface area contributed by atoms with E-state index in [1.54, 1.807) is 15.2 Å². The molecule has 0 saturated carbocycles. The van der Waals surface area contributed by atoms with Gasteiger partial charge in [0.05, 0.1) is 12.2 Å². The van der Waals surface area contributed by atoms with E-state index in [2.05, 4.69) is 15.1 Å². The highest BCUT2D eigenvalue weighted by Gasteiger charge is 2.28. The fourth-order valence-electron chi connectivity index (χ4n) is 2.51. The third-order valence-corrected chi connectivity index (χ3v) is 5.04. The van der Waals surface area contributed by atoms with Crippen molar-refractivity contribution < 1.29 is 8.42 Å². The number of piperidine rings is 1. The summed E-state index contributed by atoms with van der Waals surface area (Å²) < 4.78 is 30.4. The van der Waals surface area contributed by atoms with Gasteiger partial charge in [0, 0.05) is 26.3 Å². The quantitative estimate of drug-likeness (QED) is 0.755. The Morgan fingerprint density at radius 3 is 2.95 bits per heavy atom. The molecule has 0 aliphatic carbocycles. The maximum atomic E-state index is 12.3. The molecule has 0 aromatic carbocycles. The maximum absolute atomic E-state index is 12.3. The van der Waals surface area contributed by atoms with Crippen LogP contribution in [0.2, 0.25) is 0 Å².